The zero-order valence-electron chi connectivity index (χ0n) is 7.75. The van der Waals surface area contributed by atoms with Gasteiger partial charge in [-0.05, 0) is 6.92 Å². The van der Waals surface area contributed by atoms with E-state index in [1.165, 1.54) is 6.20 Å². The molecule has 0 bridgehead atoms. The van der Waals surface area contributed by atoms with Crippen LogP contribution in [0.25, 0.3) is 0 Å². The van der Waals surface area contributed by atoms with Gasteiger partial charge in [0, 0.05) is 6.20 Å². The molecule has 1 aromatic heterocycles. The second kappa shape index (κ2) is 4.65. The van der Waals surface area contributed by atoms with Crippen LogP contribution >= 0.6 is 11.6 Å². The number of hydrogen-bond acceptors (Lipinski definition) is 3. The molecule has 0 N–H and O–H groups in total. The highest BCUT2D eigenvalue weighted by molar-refractivity contribution is 6.16. The maximum absolute atomic E-state index is 12.1. The molecule has 1 aromatic rings. The van der Waals surface area contributed by atoms with E-state index in [0.717, 1.165) is 13.1 Å². The molecule has 15 heavy (non-hydrogen) atoms. The third kappa shape index (κ3) is 3.54. The smallest absolute Gasteiger partial charge is 0.425 e. The summed E-state index contributed by atoms with van der Waals surface area (Å²) in [4.78, 5) is 7.38. The summed E-state index contributed by atoms with van der Waals surface area (Å²) in [6, 6.07) is 0. The van der Waals surface area contributed by atoms with Gasteiger partial charge in [0.1, 0.15) is 0 Å². The minimum Gasteiger partial charge on any atom is -0.464 e. The number of halogens is 4. The Morgan fingerprint density at radius 2 is 2.13 bits per heavy atom. The number of hydrogen-bond donors (Lipinski definition) is 0. The van der Waals surface area contributed by atoms with Gasteiger partial charge in [-0.1, -0.05) is 0 Å². The van der Waals surface area contributed by atoms with Crippen molar-refractivity contribution in [3.8, 4) is 5.88 Å². The van der Waals surface area contributed by atoms with Crippen LogP contribution in [0.3, 0.4) is 0 Å². The minimum absolute atomic E-state index is 0.0740. The second-order valence-corrected chi connectivity index (χ2v) is 3.05. The van der Waals surface area contributed by atoms with Crippen molar-refractivity contribution >= 4 is 11.6 Å². The van der Waals surface area contributed by atoms with Gasteiger partial charge in [0.25, 0.3) is 0 Å². The Hall–Kier alpha value is -1.04. The largest absolute Gasteiger partial charge is 0.464 e. The Morgan fingerprint density at radius 1 is 1.47 bits per heavy atom. The molecule has 0 amide bonds. The van der Waals surface area contributed by atoms with E-state index in [1.54, 1.807) is 0 Å². The fourth-order valence-electron chi connectivity index (χ4n) is 0.755. The van der Waals surface area contributed by atoms with E-state index in [-0.39, 0.29) is 11.8 Å². The summed E-state index contributed by atoms with van der Waals surface area (Å²) >= 11 is 5.45. The maximum Gasteiger partial charge on any atom is 0.425 e. The monoisotopic (exact) mass is 240 g/mol. The molecule has 1 rings (SSSR count). The Balaban J connectivity index is 2.72. The molecule has 1 atom stereocenters. The molecule has 3 nitrogen and oxygen atoms in total. The zero-order chi connectivity index (χ0) is 11.5. The first-order chi connectivity index (χ1) is 6.93. The molecule has 0 fully saturated rings. The molecule has 7 heteroatoms. The van der Waals surface area contributed by atoms with Gasteiger partial charge < -0.3 is 4.74 Å². The third-order valence-corrected chi connectivity index (χ3v) is 1.83. The van der Waals surface area contributed by atoms with Gasteiger partial charge >= 0.3 is 6.18 Å². The molecule has 0 spiro atoms. The summed E-state index contributed by atoms with van der Waals surface area (Å²) in [5.74, 6) is -0.108. The Kier molecular flexibility index (Phi) is 3.73. The van der Waals surface area contributed by atoms with E-state index >= 15 is 0 Å². The highest BCUT2D eigenvalue weighted by Gasteiger charge is 2.38. The van der Waals surface area contributed by atoms with Crippen molar-refractivity contribution in [2.75, 3.05) is 0 Å². The summed E-state index contributed by atoms with van der Waals surface area (Å²) < 4.78 is 40.9. The lowest BCUT2D eigenvalue weighted by atomic mass is 10.4. The highest BCUT2D eigenvalue weighted by atomic mass is 35.5. The van der Waals surface area contributed by atoms with Crippen LogP contribution in [0.5, 0.6) is 5.88 Å². The van der Waals surface area contributed by atoms with Gasteiger partial charge in [-0.15, -0.1) is 11.6 Å². The number of nitrogens with zero attached hydrogens (tertiary/aromatic N) is 2. The zero-order valence-corrected chi connectivity index (χ0v) is 8.51. The van der Waals surface area contributed by atoms with Crippen molar-refractivity contribution < 1.29 is 17.9 Å². The first kappa shape index (κ1) is 12.0. The Labute approximate surface area is 89.2 Å². The summed E-state index contributed by atoms with van der Waals surface area (Å²) in [7, 11) is 0. The van der Waals surface area contributed by atoms with Crippen LogP contribution in [0.15, 0.2) is 12.4 Å². The van der Waals surface area contributed by atoms with Crippen LogP contribution in [-0.4, -0.2) is 22.2 Å². The predicted molar refractivity (Wildman–Crippen MR) is 47.7 cm³/mol. The number of ether oxygens (including phenoxy) is 1. The fourth-order valence-corrected chi connectivity index (χ4v) is 0.884. The van der Waals surface area contributed by atoms with E-state index in [4.69, 9.17) is 11.6 Å². The molecule has 0 aromatic carbocycles. The van der Waals surface area contributed by atoms with Crippen molar-refractivity contribution in [1.82, 2.24) is 9.97 Å². The molecule has 0 saturated carbocycles. The van der Waals surface area contributed by atoms with Crippen LogP contribution in [-0.2, 0) is 5.88 Å². The highest BCUT2D eigenvalue weighted by Crippen LogP contribution is 2.23. The van der Waals surface area contributed by atoms with Crippen LogP contribution in [0.2, 0.25) is 0 Å². The quantitative estimate of drug-likeness (QED) is 0.762. The van der Waals surface area contributed by atoms with E-state index in [9.17, 15) is 13.2 Å². The van der Waals surface area contributed by atoms with Crippen molar-refractivity contribution in [3.05, 3.63) is 18.1 Å². The van der Waals surface area contributed by atoms with Gasteiger partial charge in [-0.3, -0.25) is 4.98 Å². The van der Waals surface area contributed by atoms with Crippen molar-refractivity contribution in [3.63, 3.8) is 0 Å². The van der Waals surface area contributed by atoms with E-state index in [1.807, 2.05) is 0 Å². The second-order valence-electron chi connectivity index (χ2n) is 2.78. The van der Waals surface area contributed by atoms with Gasteiger partial charge in [-0.25, -0.2) is 4.98 Å². The molecule has 0 radical (unpaired) electrons. The van der Waals surface area contributed by atoms with Gasteiger partial charge in [-0.2, -0.15) is 13.2 Å². The van der Waals surface area contributed by atoms with E-state index in [0.29, 0.717) is 5.69 Å². The number of alkyl halides is 4. The van der Waals surface area contributed by atoms with Crippen molar-refractivity contribution in [1.29, 1.82) is 0 Å². The summed E-state index contributed by atoms with van der Waals surface area (Å²) in [6.07, 6.45) is -3.87. The first-order valence-electron chi connectivity index (χ1n) is 4.03. The van der Waals surface area contributed by atoms with Crippen LogP contribution in [0.1, 0.15) is 12.6 Å². The lowest BCUT2D eigenvalue weighted by Crippen LogP contribution is -2.31. The number of rotatable bonds is 3. The number of aromatic nitrogens is 2. The van der Waals surface area contributed by atoms with Crippen LogP contribution < -0.4 is 4.74 Å². The third-order valence-electron chi connectivity index (χ3n) is 1.56. The van der Waals surface area contributed by atoms with Crippen molar-refractivity contribution in [2.24, 2.45) is 0 Å². The molecule has 1 unspecified atom stereocenters. The fraction of sp³-hybridized carbons (Fsp3) is 0.500. The molecule has 0 aliphatic heterocycles. The minimum atomic E-state index is -4.42. The summed E-state index contributed by atoms with van der Waals surface area (Å²) in [5.41, 5.74) is 0.364. The topological polar surface area (TPSA) is 35.0 Å². The maximum atomic E-state index is 12.1. The lowest BCUT2D eigenvalue weighted by Gasteiger charge is -2.16. The SMILES string of the molecule is CC(Oc1cncc(CCl)n1)C(F)(F)F. The van der Waals surface area contributed by atoms with Crippen LogP contribution in [0, 0.1) is 0 Å². The standard InChI is InChI=1S/C8H8ClF3N2O/c1-5(8(10,11)12)15-7-4-13-3-6(2-9)14-7/h3-5H,2H2,1H3. The molecular weight excluding hydrogens is 233 g/mol. The molecule has 0 aliphatic carbocycles. The van der Waals surface area contributed by atoms with Gasteiger partial charge in [0.15, 0.2) is 6.10 Å². The molecule has 0 aliphatic rings. The van der Waals surface area contributed by atoms with E-state index < -0.39 is 12.3 Å². The Morgan fingerprint density at radius 3 is 2.67 bits per heavy atom. The van der Waals surface area contributed by atoms with E-state index in [2.05, 4.69) is 14.7 Å². The van der Waals surface area contributed by atoms with Crippen LogP contribution in [0.4, 0.5) is 13.2 Å². The normalized spacial score (nSPS) is 13.7. The summed E-state index contributed by atoms with van der Waals surface area (Å²) in [6.45, 7) is 0.898. The molecule has 1 heterocycles. The Bertz CT molecular complexity index is 332. The summed E-state index contributed by atoms with van der Waals surface area (Å²) in [5, 5.41) is 0. The first-order valence-corrected chi connectivity index (χ1v) is 4.57. The van der Waals surface area contributed by atoms with Gasteiger partial charge in [0.05, 0.1) is 17.8 Å². The average Bonchev–Trinajstić information content (AvgIpc) is 2.16. The lowest BCUT2D eigenvalue weighted by molar-refractivity contribution is -0.190. The van der Waals surface area contributed by atoms with Gasteiger partial charge in [0.2, 0.25) is 5.88 Å². The molecular formula is C8H8ClF3N2O. The molecule has 84 valence electrons. The van der Waals surface area contributed by atoms with Crippen molar-refractivity contribution in [2.45, 2.75) is 25.1 Å². The predicted octanol–water partition coefficient (Wildman–Crippen LogP) is 2.55. The molecule has 0 saturated heterocycles. The average molecular weight is 241 g/mol.